The van der Waals surface area contributed by atoms with Gasteiger partial charge in [0.25, 0.3) is 0 Å². The average molecular weight is 992 g/mol. The maximum absolute atomic E-state index is 12.9. The smallest absolute Gasteiger partial charge is 0.306 e. The van der Waals surface area contributed by atoms with E-state index in [0.29, 0.717) is 19.4 Å². The SMILES string of the molecule is CC/C=C\C/C=C\C/C=C\C/C=C\C/C=C\C/C=C\CCCOCC(COC(=O)CCCCCCCC/C=C\C/C=C\C/C=C\C/C=C\CC)OC(=O)CCCCCCCCC/C=C\C/C=C\C/C=C\CC. The summed E-state index contributed by atoms with van der Waals surface area (Å²) in [6, 6.07) is 0. The van der Waals surface area contributed by atoms with Crippen molar-refractivity contribution in [3.63, 3.8) is 0 Å². The Labute approximate surface area is 444 Å². The predicted octanol–water partition coefficient (Wildman–Crippen LogP) is 20.2. The molecule has 0 aliphatic rings. The Kier molecular flexibility index (Phi) is 57.0. The quantitative estimate of drug-likeness (QED) is 0.0345. The summed E-state index contributed by atoms with van der Waals surface area (Å²) in [6.07, 6.45) is 89.9. The fourth-order valence-electron chi connectivity index (χ4n) is 7.35. The van der Waals surface area contributed by atoms with Gasteiger partial charge in [0, 0.05) is 19.4 Å². The second-order valence-corrected chi connectivity index (χ2v) is 18.4. The number of rotatable bonds is 51. The van der Waals surface area contributed by atoms with E-state index in [9.17, 15) is 9.59 Å². The van der Waals surface area contributed by atoms with Crippen LogP contribution in [0.2, 0.25) is 0 Å². The minimum atomic E-state index is -0.592. The number of unbranched alkanes of at least 4 members (excludes halogenated alkanes) is 14. The molecule has 0 aromatic carbocycles. The van der Waals surface area contributed by atoms with Crippen molar-refractivity contribution in [3.05, 3.63) is 158 Å². The third-order valence-electron chi connectivity index (χ3n) is 11.5. The van der Waals surface area contributed by atoms with Crippen LogP contribution in [0.25, 0.3) is 0 Å². The molecule has 72 heavy (non-hydrogen) atoms. The van der Waals surface area contributed by atoms with Crippen LogP contribution in [0, 0.1) is 0 Å². The molecule has 0 rings (SSSR count). The van der Waals surface area contributed by atoms with E-state index >= 15 is 0 Å². The lowest BCUT2D eigenvalue weighted by atomic mass is 10.1. The molecular weight excluding hydrogens is 885 g/mol. The third kappa shape index (κ3) is 58.1. The van der Waals surface area contributed by atoms with Crippen molar-refractivity contribution in [1.29, 1.82) is 0 Å². The maximum atomic E-state index is 12.9. The first-order chi connectivity index (χ1) is 35.6. The van der Waals surface area contributed by atoms with E-state index in [1.807, 2.05) is 0 Å². The lowest BCUT2D eigenvalue weighted by Crippen LogP contribution is -2.30. The van der Waals surface area contributed by atoms with Gasteiger partial charge in [-0.05, 0) is 135 Å². The summed E-state index contributed by atoms with van der Waals surface area (Å²) < 4.78 is 17.4. The minimum absolute atomic E-state index is 0.0392. The number of esters is 2. The lowest BCUT2D eigenvalue weighted by Gasteiger charge is -2.18. The molecule has 0 aromatic rings. The molecule has 0 heterocycles. The van der Waals surface area contributed by atoms with Crippen LogP contribution >= 0.6 is 0 Å². The highest BCUT2D eigenvalue weighted by Gasteiger charge is 2.17. The zero-order chi connectivity index (χ0) is 52.0. The van der Waals surface area contributed by atoms with Gasteiger partial charge < -0.3 is 14.2 Å². The molecule has 0 spiro atoms. The molecule has 0 bridgehead atoms. The van der Waals surface area contributed by atoms with Crippen LogP contribution in [-0.4, -0.2) is 37.9 Å². The second kappa shape index (κ2) is 60.8. The number of hydrogen-bond donors (Lipinski definition) is 0. The van der Waals surface area contributed by atoms with Gasteiger partial charge in [0.15, 0.2) is 6.10 Å². The Balaban J connectivity index is 4.47. The number of ether oxygens (including phenoxy) is 3. The molecule has 5 heteroatoms. The van der Waals surface area contributed by atoms with Crippen molar-refractivity contribution in [2.45, 2.75) is 232 Å². The summed E-state index contributed by atoms with van der Waals surface area (Å²) in [4.78, 5) is 25.6. The van der Waals surface area contributed by atoms with Crippen LogP contribution in [-0.2, 0) is 23.8 Å². The number of carbonyl (C=O) groups excluding carboxylic acids is 2. The van der Waals surface area contributed by atoms with Crippen molar-refractivity contribution in [2.75, 3.05) is 19.8 Å². The van der Waals surface area contributed by atoms with Gasteiger partial charge in [-0.15, -0.1) is 0 Å². The molecule has 0 fully saturated rings. The normalized spacial score (nSPS) is 13.4. The molecule has 0 saturated heterocycles. The molecule has 0 radical (unpaired) electrons. The van der Waals surface area contributed by atoms with Gasteiger partial charge in [-0.25, -0.2) is 0 Å². The molecule has 1 unspecified atom stereocenters. The monoisotopic (exact) mass is 991 g/mol. The Morgan fingerprint density at radius 1 is 0.306 bits per heavy atom. The Morgan fingerprint density at radius 3 is 0.931 bits per heavy atom. The van der Waals surface area contributed by atoms with Crippen LogP contribution in [0.4, 0.5) is 0 Å². The first-order valence-corrected chi connectivity index (χ1v) is 29.0. The molecule has 0 amide bonds. The molecule has 5 nitrogen and oxygen atoms in total. The van der Waals surface area contributed by atoms with Crippen LogP contribution in [0.5, 0.6) is 0 Å². The van der Waals surface area contributed by atoms with Crippen molar-refractivity contribution < 1.29 is 23.8 Å². The average Bonchev–Trinajstić information content (AvgIpc) is 3.38. The van der Waals surface area contributed by atoms with Gasteiger partial charge in [-0.1, -0.05) is 237 Å². The Morgan fingerprint density at radius 2 is 0.583 bits per heavy atom. The second-order valence-electron chi connectivity index (χ2n) is 18.4. The highest BCUT2D eigenvalue weighted by molar-refractivity contribution is 5.70. The van der Waals surface area contributed by atoms with Gasteiger partial charge in [-0.3, -0.25) is 9.59 Å². The van der Waals surface area contributed by atoms with E-state index in [1.54, 1.807) is 0 Å². The van der Waals surface area contributed by atoms with E-state index in [4.69, 9.17) is 14.2 Å². The zero-order valence-electron chi connectivity index (χ0n) is 46.4. The van der Waals surface area contributed by atoms with Crippen LogP contribution in [0.3, 0.4) is 0 Å². The molecule has 0 aliphatic carbocycles. The highest BCUT2D eigenvalue weighted by atomic mass is 16.6. The predicted molar refractivity (Wildman–Crippen MR) is 315 cm³/mol. The van der Waals surface area contributed by atoms with E-state index in [2.05, 4.69) is 179 Å². The number of carbonyl (C=O) groups is 2. The molecule has 0 aliphatic heterocycles. The van der Waals surface area contributed by atoms with E-state index in [-0.39, 0.29) is 25.2 Å². The molecule has 1 atom stereocenters. The summed E-state index contributed by atoms with van der Waals surface area (Å²) >= 11 is 0. The summed E-state index contributed by atoms with van der Waals surface area (Å²) in [5, 5.41) is 0. The fourth-order valence-corrected chi connectivity index (χ4v) is 7.35. The highest BCUT2D eigenvalue weighted by Crippen LogP contribution is 2.13. The maximum Gasteiger partial charge on any atom is 0.306 e. The van der Waals surface area contributed by atoms with Gasteiger partial charge >= 0.3 is 11.9 Å². The molecule has 404 valence electrons. The van der Waals surface area contributed by atoms with Crippen molar-refractivity contribution >= 4 is 11.9 Å². The van der Waals surface area contributed by atoms with E-state index in [1.165, 1.54) is 44.9 Å². The Hall–Kier alpha value is -4.48. The van der Waals surface area contributed by atoms with E-state index < -0.39 is 6.10 Å². The number of hydrogen-bond acceptors (Lipinski definition) is 5. The van der Waals surface area contributed by atoms with Crippen molar-refractivity contribution in [2.24, 2.45) is 0 Å². The van der Waals surface area contributed by atoms with Crippen LogP contribution < -0.4 is 0 Å². The summed E-state index contributed by atoms with van der Waals surface area (Å²) in [5.41, 5.74) is 0. The largest absolute Gasteiger partial charge is 0.462 e. The summed E-state index contributed by atoms with van der Waals surface area (Å²) in [7, 11) is 0. The van der Waals surface area contributed by atoms with Gasteiger partial charge in [0.2, 0.25) is 0 Å². The molecule has 0 saturated carbocycles. The van der Waals surface area contributed by atoms with Crippen LogP contribution in [0.15, 0.2) is 158 Å². The Bertz CT molecular complexity index is 1590. The summed E-state index contributed by atoms with van der Waals surface area (Å²) in [6.45, 7) is 7.31. The van der Waals surface area contributed by atoms with Crippen molar-refractivity contribution in [3.8, 4) is 0 Å². The zero-order valence-corrected chi connectivity index (χ0v) is 46.4. The standard InChI is InChI=1S/C67H106O5/c1-4-7-10-13-16-19-22-25-28-31-33-35-38-41-44-47-50-53-56-59-62-70-63-65(72-67(69)61-58-55-52-49-46-43-40-36-30-27-24-21-18-15-12-9-6-3)64-71-66(68)60-57-54-51-48-45-42-39-37-34-32-29-26-23-20-17-14-11-8-5-2/h7-12,16-21,25-30,33-35,37,41,44,50,53,65H,4-6,13-15,22-24,31-32,36,38-40,42-43,45-49,51-52,54-64H2,1-3H3/b10-7-,11-8-,12-9-,19-16-,20-17-,21-18-,28-25-,29-26-,30-27-,35-33-,37-34-,44-41-,53-50-. The molecular formula is C67H106O5. The first kappa shape index (κ1) is 67.5. The van der Waals surface area contributed by atoms with E-state index in [0.717, 1.165) is 148 Å². The topological polar surface area (TPSA) is 61.8 Å². The van der Waals surface area contributed by atoms with Gasteiger partial charge in [0.1, 0.15) is 6.61 Å². The number of allylic oxidation sites excluding steroid dienone is 26. The minimum Gasteiger partial charge on any atom is -0.462 e. The van der Waals surface area contributed by atoms with Gasteiger partial charge in [-0.2, -0.15) is 0 Å². The van der Waals surface area contributed by atoms with Crippen molar-refractivity contribution in [1.82, 2.24) is 0 Å². The summed E-state index contributed by atoms with van der Waals surface area (Å²) in [5.74, 6) is -0.467. The molecule has 0 aromatic heterocycles. The lowest BCUT2D eigenvalue weighted by molar-refractivity contribution is -0.163. The molecule has 0 N–H and O–H groups in total. The third-order valence-corrected chi connectivity index (χ3v) is 11.5. The van der Waals surface area contributed by atoms with Gasteiger partial charge in [0.05, 0.1) is 6.61 Å². The van der Waals surface area contributed by atoms with Crippen LogP contribution in [0.1, 0.15) is 226 Å². The first-order valence-electron chi connectivity index (χ1n) is 29.0. The fraction of sp³-hybridized carbons (Fsp3) is 0.582.